The van der Waals surface area contributed by atoms with Crippen molar-refractivity contribution in [3.05, 3.63) is 0 Å². The highest BCUT2D eigenvalue weighted by atomic mass is 32.2. The Morgan fingerprint density at radius 1 is 1.67 bits per heavy atom. The van der Waals surface area contributed by atoms with Crippen LogP contribution in [-0.4, -0.2) is 41.9 Å². The molecule has 3 nitrogen and oxygen atoms in total. The molecule has 2 atom stereocenters. The van der Waals surface area contributed by atoms with E-state index in [2.05, 4.69) is 6.92 Å². The molecule has 1 heterocycles. The molecular weight excluding hydrogens is 208 g/mol. The lowest BCUT2D eigenvalue weighted by atomic mass is 9.99. The van der Waals surface area contributed by atoms with Gasteiger partial charge in [0.1, 0.15) is 0 Å². The Morgan fingerprint density at radius 2 is 2.40 bits per heavy atom. The number of nitrogens with two attached hydrogens (primary N) is 1. The molecule has 0 aromatic rings. The Bertz CT molecular complexity index is 211. The van der Waals surface area contributed by atoms with Gasteiger partial charge in [0.05, 0.1) is 6.04 Å². The summed E-state index contributed by atoms with van der Waals surface area (Å²) in [6.45, 7) is 3.99. The molecule has 0 spiro atoms. The lowest BCUT2D eigenvalue weighted by Gasteiger charge is -2.32. The number of hydrogen-bond donors (Lipinski definition) is 1. The topological polar surface area (TPSA) is 46.3 Å². The summed E-state index contributed by atoms with van der Waals surface area (Å²) >= 11 is 1.74. The number of thioether (sulfide) groups is 1. The van der Waals surface area contributed by atoms with Gasteiger partial charge in [0.15, 0.2) is 0 Å². The monoisotopic (exact) mass is 230 g/mol. The molecular formula is C11H22N2OS. The maximum atomic E-state index is 11.9. The van der Waals surface area contributed by atoms with Crippen LogP contribution in [0.2, 0.25) is 0 Å². The van der Waals surface area contributed by atoms with E-state index in [1.165, 1.54) is 6.42 Å². The van der Waals surface area contributed by atoms with Crippen molar-refractivity contribution in [2.45, 2.75) is 32.2 Å². The van der Waals surface area contributed by atoms with Gasteiger partial charge in [-0.1, -0.05) is 6.92 Å². The van der Waals surface area contributed by atoms with Gasteiger partial charge >= 0.3 is 0 Å². The van der Waals surface area contributed by atoms with Gasteiger partial charge in [0.2, 0.25) is 5.91 Å². The number of carbonyl (C=O) groups is 1. The predicted molar refractivity (Wildman–Crippen MR) is 66.0 cm³/mol. The summed E-state index contributed by atoms with van der Waals surface area (Å²) in [5.41, 5.74) is 5.88. The summed E-state index contributed by atoms with van der Waals surface area (Å²) in [4.78, 5) is 13.9. The van der Waals surface area contributed by atoms with Crippen LogP contribution in [0.1, 0.15) is 26.2 Å². The molecule has 1 amide bonds. The second-order valence-electron chi connectivity index (χ2n) is 4.42. The molecule has 0 aromatic heterocycles. The van der Waals surface area contributed by atoms with Crippen molar-refractivity contribution in [1.82, 2.24) is 4.90 Å². The van der Waals surface area contributed by atoms with Crippen LogP contribution in [0.25, 0.3) is 0 Å². The molecule has 1 aliphatic heterocycles. The van der Waals surface area contributed by atoms with E-state index in [9.17, 15) is 4.79 Å². The largest absolute Gasteiger partial charge is 0.341 e. The third-order valence-electron chi connectivity index (χ3n) is 2.92. The van der Waals surface area contributed by atoms with E-state index in [1.807, 2.05) is 11.2 Å². The third-order valence-corrected chi connectivity index (χ3v) is 3.56. The van der Waals surface area contributed by atoms with Crippen molar-refractivity contribution in [3.8, 4) is 0 Å². The lowest BCUT2D eigenvalue weighted by molar-refractivity contribution is -0.134. The smallest absolute Gasteiger partial charge is 0.239 e. The zero-order valence-electron chi connectivity index (χ0n) is 9.74. The van der Waals surface area contributed by atoms with Crippen LogP contribution in [0, 0.1) is 5.92 Å². The van der Waals surface area contributed by atoms with Crippen molar-refractivity contribution in [3.63, 3.8) is 0 Å². The summed E-state index contributed by atoms with van der Waals surface area (Å²) in [7, 11) is 0. The summed E-state index contributed by atoms with van der Waals surface area (Å²) < 4.78 is 0. The fraction of sp³-hybridized carbons (Fsp3) is 0.909. The van der Waals surface area contributed by atoms with E-state index in [0.717, 1.165) is 31.7 Å². The first-order valence-electron chi connectivity index (χ1n) is 5.68. The van der Waals surface area contributed by atoms with Crippen LogP contribution in [0.15, 0.2) is 0 Å². The minimum atomic E-state index is -0.289. The fourth-order valence-corrected chi connectivity index (χ4v) is 2.48. The fourth-order valence-electron chi connectivity index (χ4n) is 1.99. The summed E-state index contributed by atoms with van der Waals surface area (Å²) in [6.07, 6.45) is 5.21. The molecule has 1 unspecified atom stereocenters. The predicted octanol–water partition coefficient (Wildman–Crippen LogP) is 1.33. The standard InChI is InChI=1S/C11H22N2OS/c1-9-4-3-6-13(8-9)11(14)10(12)5-7-15-2/h9-10H,3-8,12H2,1-2H3/t9?,10-/m1/s1. The number of likely N-dealkylation sites (tertiary alicyclic amines) is 1. The van der Waals surface area contributed by atoms with Crippen molar-refractivity contribution in [1.29, 1.82) is 0 Å². The number of hydrogen-bond acceptors (Lipinski definition) is 3. The zero-order chi connectivity index (χ0) is 11.3. The van der Waals surface area contributed by atoms with Gasteiger partial charge in [-0.2, -0.15) is 11.8 Å². The molecule has 1 rings (SSSR count). The van der Waals surface area contributed by atoms with Gasteiger partial charge in [-0.3, -0.25) is 4.79 Å². The number of carbonyl (C=O) groups excluding carboxylic acids is 1. The van der Waals surface area contributed by atoms with Gasteiger partial charge in [0, 0.05) is 13.1 Å². The minimum absolute atomic E-state index is 0.149. The number of rotatable bonds is 4. The van der Waals surface area contributed by atoms with Crippen LogP contribution in [0.3, 0.4) is 0 Å². The van der Waals surface area contributed by atoms with Gasteiger partial charge in [0.25, 0.3) is 0 Å². The molecule has 0 aliphatic carbocycles. The van der Waals surface area contributed by atoms with Crippen LogP contribution >= 0.6 is 11.8 Å². The molecule has 0 saturated carbocycles. The van der Waals surface area contributed by atoms with E-state index in [0.29, 0.717) is 5.92 Å². The SMILES string of the molecule is CSCC[C@@H](N)C(=O)N1CCCC(C)C1. The Hall–Kier alpha value is -0.220. The van der Waals surface area contributed by atoms with Crippen molar-refractivity contribution < 1.29 is 4.79 Å². The van der Waals surface area contributed by atoms with Crippen LogP contribution < -0.4 is 5.73 Å². The maximum Gasteiger partial charge on any atom is 0.239 e. The van der Waals surface area contributed by atoms with E-state index in [-0.39, 0.29) is 11.9 Å². The average Bonchev–Trinajstić information content (AvgIpc) is 2.24. The second-order valence-corrected chi connectivity index (χ2v) is 5.41. The molecule has 4 heteroatoms. The average molecular weight is 230 g/mol. The van der Waals surface area contributed by atoms with E-state index >= 15 is 0 Å². The quantitative estimate of drug-likeness (QED) is 0.792. The number of nitrogens with zero attached hydrogens (tertiary/aromatic N) is 1. The molecule has 1 fully saturated rings. The van der Waals surface area contributed by atoms with Crippen LogP contribution in [-0.2, 0) is 4.79 Å². The van der Waals surface area contributed by atoms with E-state index < -0.39 is 0 Å². The Kier molecular flexibility index (Phi) is 5.47. The van der Waals surface area contributed by atoms with Gasteiger partial charge in [-0.25, -0.2) is 0 Å². The van der Waals surface area contributed by atoms with Gasteiger partial charge < -0.3 is 10.6 Å². The summed E-state index contributed by atoms with van der Waals surface area (Å²) in [5, 5.41) is 0. The molecule has 1 aliphatic rings. The molecule has 0 radical (unpaired) electrons. The van der Waals surface area contributed by atoms with Crippen molar-refractivity contribution in [2.24, 2.45) is 11.7 Å². The molecule has 88 valence electrons. The van der Waals surface area contributed by atoms with Crippen molar-refractivity contribution >= 4 is 17.7 Å². The highest BCUT2D eigenvalue weighted by Gasteiger charge is 2.24. The Labute approximate surface area is 96.8 Å². The van der Waals surface area contributed by atoms with E-state index in [4.69, 9.17) is 5.73 Å². The van der Waals surface area contributed by atoms with Crippen LogP contribution in [0.4, 0.5) is 0 Å². The molecule has 1 saturated heterocycles. The third kappa shape index (κ3) is 4.03. The van der Waals surface area contributed by atoms with Crippen molar-refractivity contribution in [2.75, 3.05) is 25.1 Å². The van der Waals surface area contributed by atoms with Gasteiger partial charge in [-0.15, -0.1) is 0 Å². The Balaban J connectivity index is 2.37. The number of piperidine rings is 1. The normalized spacial score (nSPS) is 23.9. The summed E-state index contributed by atoms with van der Waals surface area (Å²) in [6, 6.07) is -0.289. The second kappa shape index (κ2) is 6.38. The molecule has 15 heavy (non-hydrogen) atoms. The lowest BCUT2D eigenvalue weighted by Crippen LogP contribution is -2.47. The zero-order valence-corrected chi connectivity index (χ0v) is 10.6. The minimum Gasteiger partial charge on any atom is -0.341 e. The highest BCUT2D eigenvalue weighted by Crippen LogP contribution is 2.16. The molecule has 0 bridgehead atoms. The van der Waals surface area contributed by atoms with Crippen LogP contribution in [0.5, 0.6) is 0 Å². The highest BCUT2D eigenvalue weighted by molar-refractivity contribution is 7.98. The number of amides is 1. The van der Waals surface area contributed by atoms with E-state index in [1.54, 1.807) is 11.8 Å². The first kappa shape index (κ1) is 12.8. The maximum absolute atomic E-state index is 11.9. The molecule has 2 N–H and O–H groups in total. The summed E-state index contributed by atoms with van der Waals surface area (Å²) in [5.74, 6) is 1.75. The first-order valence-corrected chi connectivity index (χ1v) is 7.08. The first-order chi connectivity index (χ1) is 7.15. The van der Waals surface area contributed by atoms with Gasteiger partial charge in [-0.05, 0) is 37.2 Å². The molecule has 0 aromatic carbocycles. The Morgan fingerprint density at radius 3 is 3.00 bits per heavy atom.